The zero-order valence-electron chi connectivity index (χ0n) is 22.4. The summed E-state index contributed by atoms with van der Waals surface area (Å²) in [4.78, 5) is 17.0. The molecule has 2 aromatic carbocycles. The number of methoxy groups -OCH3 is 1. The molecule has 5 rings (SSSR count). The van der Waals surface area contributed by atoms with Crippen LogP contribution in [0.5, 0.6) is 5.75 Å². The third-order valence-electron chi connectivity index (χ3n) is 7.57. The van der Waals surface area contributed by atoms with Crippen LogP contribution in [0.4, 0.5) is 5.95 Å². The van der Waals surface area contributed by atoms with Crippen LogP contribution in [-0.2, 0) is 18.9 Å². The molecule has 1 saturated heterocycles. The minimum atomic E-state index is 0.107. The number of aromatic nitrogens is 4. The van der Waals surface area contributed by atoms with Crippen LogP contribution in [0.3, 0.4) is 0 Å². The third-order valence-corrected chi connectivity index (χ3v) is 7.57. The maximum absolute atomic E-state index is 5.32. The lowest BCUT2D eigenvalue weighted by Gasteiger charge is -2.32. The monoisotopic (exact) mass is 483 g/mol. The Labute approximate surface area is 214 Å². The first-order chi connectivity index (χ1) is 17.2. The van der Waals surface area contributed by atoms with Gasteiger partial charge in [-0.25, -0.2) is 9.97 Å². The van der Waals surface area contributed by atoms with E-state index < -0.39 is 0 Å². The van der Waals surface area contributed by atoms with Crippen molar-refractivity contribution in [2.75, 3.05) is 25.1 Å². The van der Waals surface area contributed by atoms with Crippen molar-refractivity contribution in [2.24, 2.45) is 7.05 Å². The van der Waals surface area contributed by atoms with Gasteiger partial charge in [0.1, 0.15) is 11.3 Å². The summed E-state index contributed by atoms with van der Waals surface area (Å²) in [6.07, 6.45) is 4.78. The molecule has 0 atom stereocenters. The Morgan fingerprint density at radius 3 is 2.39 bits per heavy atom. The van der Waals surface area contributed by atoms with Crippen molar-refractivity contribution in [3.8, 4) is 5.75 Å². The second-order valence-corrected chi connectivity index (χ2v) is 11.1. The fourth-order valence-electron chi connectivity index (χ4n) is 5.19. The Hall–Kier alpha value is -3.41. The van der Waals surface area contributed by atoms with Crippen LogP contribution in [0.2, 0.25) is 0 Å². The maximum Gasteiger partial charge on any atom is 0.227 e. The lowest BCUT2D eigenvalue weighted by atomic mass is 9.84. The Kier molecular flexibility index (Phi) is 6.45. The van der Waals surface area contributed by atoms with Crippen molar-refractivity contribution in [1.29, 1.82) is 0 Å². The van der Waals surface area contributed by atoms with Crippen molar-refractivity contribution >= 4 is 17.1 Å². The molecule has 0 spiro atoms. The van der Waals surface area contributed by atoms with E-state index in [9.17, 15) is 0 Å². The van der Waals surface area contributed by atoms with Gasteiger partial charge in [0.25, 0.3) is 0 Å². The molecule has 2 aromatic heterocycles. The van der Waals surface area contributed by atoms with Gasteiger partial charge in [0.15, 0.2) is 5.65 Å². The van der Waals surface area contributed by atoms with Gasteiger partial charge in [0.2, 0.25) is 5.95 Å². The van der Waals surface area contributed by atoms with Gasteiger partial charge < -0.3 is 14.2 Å². The largest absolute Gasteiger partial charge is 0.497 e. The number of nitrogens with zero attached hydrogens (tertiary/aromatic N) is 5. The predicted molar refractivity (Wildman–Crippen MR) is 146 cm³/mol. The molecule has 6 nitrogen and oxygen atoms in total. The van der Waals surface area contributed by atoms with E-state index in [0.717, 1.165) is 60.9 Å². The lowest BCUT2D eigenvalue weighted by molar-refractivity contribution is 0.414. The fraction of sp³-hybridized carbons (Fsp3) is 0.433. The summed E-state index contributed by atoms with van der Waals surface area (Å²) in [7, 11) is 3.74. The molecule has 0 N–H and O–H groups in total. The molecular formula is C30H37N5O. The molecule has 6 heteroatoms. The van der Waals surface area contributed by atoms with Gasteiger partial charge in [-0.2, -0.15) is 4.98 Å². The molecule has 0 bridgehead atoms. The molecule has 0 aliphatic carbocycles. The molecule has 3 heterocycles. The molecule has 4 aromatic rings. The predicted octanol–water partition coefficient (Wildman–Crippen LogP) is 5.95. The molecule has 0 unspecified atom stereocenters. The Morgan fingerprint density at radius 1 is 1.00 bits per heavy atom. The van der Waals surface area contributed by atoms with Gasteiger partial charge in [0, 0.05) is 26.6 Å². The van der Waals surface area contributed by atoms with E-state index in [-0.39, 0.29) is 5.41 Å². The van der Waals surface area contributed by atoms with Crippen molar-refractivity contribution in [3.63, 3.8) is 0 Å². The summed E-state index contributed by atoms with van der Waals surface area (Å²) < 4.78 is 7.37. The smallest absolute Gasteiger partial charge is 0.227 e. The van der Waals surface area contributed by atoms with Crippen LogP contribution < -0.4 is 9.64 Å². The topological polar surface area (TPSA) is 56.1 Å². The summed E-state index contributed by atoms with van der Waals surface area (Å²) in [5.74, 6) is 2.26. The third kappa shape index (κ3) is 4.81. The standard InChI is InChI=1S/C30H37N5O/c1-20-7-10-24(30(2,3)4)17-23(20)18-26-27-28(31-19-34(27)5)33-29(32-26)35-15-13-22(14-16-35)21-8-11-25(36-6)12-9-21/h7-12,17,19,22H,13-16,18H2,1-6H3. The Balaban J connectivity index is 1.42. The fourth-order valence-corrected chi connectivity index (χ4v) is 5.19. The second kappa shape index (κ2) is 9.57. The van der Waals surface area contributed by atoms with E-state index in [0.29, 0.717) is 5.92 Å². The first kappa shape index (κ1) is 24.3. The highest BCUT2D eigenvalue weighted by Crippen LogP contribution is 2.32. The van der Waals surface area contributed by atoms with E-state index >= 15 is 0 Å². The molecule has 1 fully saturated rings. The molecule has 0 radical (unpaired) electrons. The van der Waals surface area contributed by atoms with Crippen LogP contribution in [0.25, 0.3) is 11.2 Å². The second-order valence-electron chi connectivity index (χ2n) is 11.1. The minimum Gasteiger partial charge on any atom is -0.497 e. The number of anilines is 1. The lowest BCUT2D eigenvalue weighted by Crippen LogP contribution is -2.34. The van der Waals surface area contributed by atoms with Crippen LogP contribution in [0, 0.1) is 6.92 Å². The molecule has 0 amide bonds. The molecule has 36 heavy (non-hydrogen) atoms. The first-order valence-corrected chi connectivity index (χ1v) is 12.9. The highest BCUT2D eigenvalue weighted by atomic mass is 16.5. The van der Waals surface area contributed by atoms with E-state index in [1.165, 1.54) is 22.3 Å². The van der Waals surface area contributed by atoms with Gasteiger partial charge >= 0.3 is 0 Å². The van der Waals surface area contributed by atoms with Crippen LogP contribution in [-0.4, -0.2) is 39.7 Å². The van der Waals surface area contributed by atoms with Crippen molar-refractivity contribution in [2.45, 2.75) is 58.3 Å². The summed E-state index contributed by atoms with van der Waals surface area (Å²) >= 11 is 0. The van der Waals surface area contributed by atoms with Crippen LogP contribution >= 0.6 is 0 Å². The van der Waals surface area contributed by atoms with E-state index in [2.05, 4.69) is 80.0 Å². The highest BCUT2D eigenvalue weighted by molar-refractivity contribution is 5.75. The van der Waals surface area contributed by atoms with Gasteiger partial charge in [0.05, 0.1) is 19.1 Å². The molecule has 1 aliphatic rings. The zero-order valence-corrected chi connectivity index (χ0v) is 22.4. The van der Waals surface area contributed by atoms with Gasteiger partial charge in [-0.1, -0.05) is 51.1 Å². The zero-order chi connectivity index (χ0) is 25.4. The van der Waals surface area contributed by atoms with Crippen LogP contribution in [0.15, 0.2) is 48.8 Å². The number of aryl methyl sites for hydroxylation is 2. The van der Waals surface area contributed by atoms with E-state index in [1.807, 2.05) is 17.9 Å². The average molecular weight is 484 g/mol. The highest BCUT2D eigenvalue weighted by Gasteiger charge is 2.24. The summed E-state index contributed by atoms with van der Waals surface area (Å²) in [6.45, 7) is 10.9. The van der Waals surface area contributed by atoms with E-state index in [1.54, 1.807) is 7.11 Å². The molecule has 188 valence electrons. The quantitative estimate of drug-likeness (QED) is 0.351. The normalized spacial score (nSPS) is 15.0. The number of piperidine rings is 1. The SMILES string of the molecule is COc1ccc(C2CCN(c3nc(Cc4cc(C(C)(C)C)ccc4C)c4c(ncn4C)n3)CC2)cc1. The van der Waals surface area contributed by atoms with Crippen molar-refractivity contribution < 1.29 is 4.74 Å². The summed E-state index contributed by atoms with van der Waals surface area (Å²) in [6, 6.07) is 15.3. The first-order valence-electron chi connectivity index (χ1n) is 12.9. The molecule has 0 saturated carbocycles. The minimum absolute atomic E-state index is 0.107. The van der Waals surface area contributed by atoms with Crippen LogP contribution in [0.1, 0.15) is 67.5 Å². The van der Waals surface area contributed by atoms with Gasteiger partial charge in [-0.3, -0.25) is 0 Å². The van der Waals surface area contributed by atoms with Crippen molar-refractivity contribution in [3.05, 3.63) is 76.7 Å². The van der Waals surface area contributed by atoms with Gasteiger partial charge in [-0.05, 0) is 65.5 Å². The van der Waals surface area contributed by atoms with Gasteiger partial charge in [-0.15, -0.1) is 0 Å². The number of hydrogen-bond donors (Lipinski definition) is 0. The molecule has 1 aliphatic heterocycles. The maximum atomic E-state index is 5.32. The number of hydrogen-bond acceptors (Lipinski definition) is 5. The average Bonchev–Trinajstić information content (AvgIpc) is 3.25. The van der Waals surface area contributed by atoms with Crippen molar-refractivity contribution in [1.82, 2.24) is 19.5 Å². The number of rotatable bonds is 5. The summed E-state index contributed by atoms with van der Waals surface area (Å²) in [5.41, 5.74) is 8.28. The summed E-state index contributed by atoms with van der Waals surface area (Å²) in [5, 5.41) is 0. The Bertz CT molecular complexity index is 1360. The molecular weight excluding hydrogens is 446 g/mol. The van der Waals surface area contributed by atoms with E-state index in [4.69, 9.17) is 14.7 Å². The number of benzene rings is 2. The number of fused-ring (bicyclic) bond motifs is 1. The number of ether oxygens (including phenoxy) is 1. The number of imidazole rings is 1. The Morgan fingerprint density at radius 2 is 1.72 bits per heavy atom.